The third kappa shape index (κ3) is 21.2. The summed E-state index contributed by atoms with van der Waals surface area (Å²) >= 11 is 0. The van der Waals surface area contributed by atoms with Crippen LogP contribution in [0.15, 0.2) is 29.3 Å². The Labute approximate surface area is 372 Å². The van der Waals surface area contributed by atoms with Gasteiger partial charge in [0, 0.05) is 6.54 Å². The number of hydrogen-bond acceptors (Lipinski definition) is 15. The predicted octanol–water partition coefficient (Wildman–Crippen LogP) is -6.93. The Hall–Kier alpha value is -7.13. The smallest absolute Gasteiger partial charge is 0.328 e. The molecule has 0 fully saturated rings. The second kappa shape index (κ2) is 27.8. The van der Waals surface area contributed by atoms with Gasteiger partial charge < -0.3 is 85.3 Å². The van der Waals surface area contributed by atoms with Crippen LogP contribution in [0.3, 0.4) is 0 Å². The summed E-state index contributed by atoms with van der Waals surface area (Å²) in [4.78, 5) is 130. The Morgan fingerprint density at radius 2 is 1.22 bits per heavy atom. The van der Waals surface area contributed by atoms with Gasteiger partial charge in [0.1, 0.15) is 42.0 Å². The molecule has 0 unspecified atom stereocenters. The van der Waals surface area contributed by atoms with Crippen molar-refractivity contribution in [3.63, 3.8) is 0 Å². The minimum atomic E-state index is -1.83. The number of nitrogens with one attached hydrogen (secondary N) is 8. The van der Waals surface area contributed by atoms with Crippen LogP contribution in [0.1, 0.15) is 52.5 Å². The fraction of sp³-hybridized carbons (Fsp3) is 0.553. The first-order valence-electron chi connectivity index (χ1n) is 20.0. The maximum Gasteiger partial charge on any atom is 0.328 e. The van der Waals surface area contributed by atoms with E-state index >= 15 is 0 Å². The lowest BCUT2D eigenvalue weighted by molar-refractivity contribution is -0.144. The summed E-state index contributed by atoms with van der Waals surface area (Å²) in [6.07, 6.45) is -2.51. The molecule has 1 aromatic carbocycles. The molecule has 0 saturated heterocycles. The first-order chi connectivity index (χ1) is 30.4. The highest BCUT2D eigenvalue weighted by atomic mass is 16.4. The molecule has 27 nitrogen and oxygen atoms in total. The molecule has 0 aliphatic carbocycles. The first kappa shape index (κ1) is 55.9. The van der Waals surface area contributed by atoms with E-state index in [0.717, 1.165) is 6.92 Å². The number of phenolic OH excluding ortho intramolecular Hbond substituents is 1. The number of carbonyl (C=O) groups excluding carboxylic acids is 8. The van der Waals surface area contributed by atoms with E-state index < -0.39 is 140 Å². The van der Waals surface area contributed by atoms with Crippen molar-refractivity contribution in [2.24, 2.45) is 28.1 Å². The van der Waals surface area contributed by atoms with Crippen molar-refractivity contribution < 1.29 is 73.5 Å². The lowest BCUT2D eigenvalue weighted by atomic mass is 10.0. The van der Waals surface area contributed by atoms with E-state index in [9.17, 15) is 58.2 Å². The number of phenols is 1. The lowest BCUT2D eigenvalue weighted by Crippen LogP contribution is -2.60. The highest BCUT2D eigenvalue weighted by molar-refractivity contribution is 5.97. The molecule has 19 N–H and O–H groups in total. The number of carbonyl (C=O) groups is 10. The quantitative estimate of drug-likeness (QED) is 0.0211. The average molecular weight is 925 g/mol. The molecule has 0 aliphatic rings. The van der Waals surface area contributed by atoms with Gasteiger partial charge in [0.05, 0.1) is 38.3 Å². The van der Waals surface area contributed by atoms with Crippen molar-refractivity contribution in [1.29, 1.82) is 0 Å². The molecular formula is C38H60N12O15. The van der Waals surface area contributed by atoms with Crippen molar-refractivity contribution in [2.45, 2.75) is 102 Å². The van der Waals surface area contributed by atoms with Crippen LogP contribution < -0.4 is 59.7 Å². The van der Waals surface area contributed by atoms with E-state index in [2.05, 4.69) is 36.9 Å². The van der Waals surface area contributed by atoms with Crippen LogP contribution >= 0.6 is 0 Å². The van der Waals surface area contributed by atoms with E-state index in [4.69, 9.17) is 32.5 Å². The number of amides is 8. The fourth-order valence-electron chi connectivity index (χ4n) is 5.50. The third-order valence-electron chi connectivity index (χ3n) is 9.06. The van der Waals surface area contributed by atoms with Crippen LogP contribution in [0, 0.1) is 5.92 Å². The van der Waals surface area contributed by atoms with Gasteiger partial charge in [0.15, 0.2) is 5.96 Å². The van der Waals surface area contributed by atoms with Crippen molar-refractivity contribution in [2.75, 3.05) is 26.2 Å². The third-order valence-corrected chi connectivity index (χ3v) is 9.06. The summed E-state index contributed by atoms with van der Waals surface area (Å²) in [6.45, 7) is 2.93. The van der Waals surface area contributed by atoms with Gasteiger partial charge in [-0.3, -0.25) is 48.1 Å². The number of carboxylic acid groups (broad SMARTS) is 2. The molecule has 0 spiro atoms. The molecule has 8 amide bonds. The standard InChI is InChI=1S/C38H60N12O15/c1-17(2)29(49-31(58)18(3)45-32(59)22(39)12-20-7-9-21(53)10-8-20)36(63)50-30(19(4)52)35(62)44-15-26(54)46-23(6-5-11-42-38(40)41)33(60)43-14-27(55)47-24(13-28(56)57)34(61)48-25(16-51)37(64)65/h7-10,17-19,22-25,29-30,51-53H,5-6,11-16,39H2,1-4H3,(H,43,60)(H,44,62)(H,45,59)(H,46,54)(H,47,55)(H,48,61)(H,49,58)(H,50,63)(H,56,57)(H,64,65)(H4,40,41,42)/t18-,19+,22-,23-,24-,25-,29-,30-/m0/s1. The summed E-state index contributed by atoms with van der Waals surface area (Å²) in [5.41, 5.74) is 17.3. The second-order valence-electron chi connectivity index (χ2n) is 15.0. The molecule has 0 aromatic heterocycles. The van der Waals surface area contributed by atoms with Crippen LogP contribution in [-0.2, 0) is 54.4 Å². The van der Waals surface area contributed by atoms with E-state index in [1.807, 2.05) is 10.6 Å². The monoisotopic (exact) mass is 924 g/mol. The van der Waals surface area contributed by atoms with Gasteiger partial charge in [0.2, 0.25) is 47.3 Å². The summed E-state index contributed by atoms with van der Waals surface area (Å²) in [6, 6.07) is -4.24. The van der Waals surface area contributed by atoms with Gasteiger partial charge in [-0.15, -0.1) is 0 Å². The highest BCUT2D eigenvalue weighted by Crippen LogP contribution is 2.11. The molecule has 1 aromatic rings. The SMILES string of the molecule is CC(C)[C@H](NC(=O)[C@H](C)NC(=O)[C@@H](N)Cc1ccc(O)cc1)C(=O)N[C@H](C(=O)NCC(=O)N[C@@H](CCCN=C(N)N)C(=O)NCC(=O)N[C@@H](CC(=O)O)C(=O)N[C@@H](CO)C(=O)O)[C@@H](C)O. The number of guanidine groups is 1. The van der Waals surface area contributed by atoms with E-state index in [1.165, 1.54) is 19.1 Å². The Balaban J connectivity index is 2.95. The van der Waals surface area contributed by atoms with Gasteiger partial charge in [0.25, 0.3) is 0 Å². The number of nitrogens with two attached hydrogens (primary N) is 3. The zero-order valence-electron chi connectivity index (χ0n) is 36.2. The van der Waals surface area contributed by atoms with Crippen molar-refractivity contribution in [3.05, 3.63) is 29.8 Å². The van der Waals surface area contributed by atoms with Crippen LogP contribution in [0.25, 0.3) is 0 Å². The number of aliphatic hydroxyl groups excluding tert-OH is 2. The summed E-state index contributed by atoms with van der Waals surface area (Å²) in [7, 11) is 0. The molecule has 27 heteroatoms. The maximum atomic E-state index is 13.4. The molecule has 0 bridgehead atoms. The number of rotatable bonds is 28. The topological polar surface area (TPSA) is 459 Å². The van der Waals surface area contributed by atoms with Gasteiger partial charge in [-0.25, -0.2) is 4.79 Å². The Morgan fingerprint density at radius 3 is 1.72 bits per heavy atom. The molecule has 0 heterocycles. The zero-order chi connectivity index (χ0) is 49.6. The number of benzene rings is 1. The van der Waals surface area contributed by atoms with E-state index in [-0.39, 0.29) is 37.5 Å². The van der Waals surface area contributed by atoms with Crippen LogP contribution in [0.4, 0.5) is 0 Å². The molecule has 0 aliphatic heterocycles. The number of aliphatic carboxylic acids is 2. The Bertz CT molecular complexity index is 1880. The van der Waals surface area contributed by atoms with E-state index in [1.54, 1.807) is 26.0 Å². The molecule has 0 saturated carbocycles. The van der Waals surface area contributed by atoms with Gasteiger partial charge in [-0.2, -0.15) is 0 Å². The molecule has 0 radical (unpaired) electrons. The number of carboxylic acids is 2. The van der Waals surface area contributed by atoms with Crippen LogP contribution in [0.2, 0.25) is 0 Å². The normalized spacial score (nSPS) is 14.5. The number of aliphatic imine (C=N–C) groups is 1. The molecule has 8 atom stereocenters. The van der Waals surface area contributed by atoms with Crippen LogP contribution in [0.5, 0.6) is 5.75 Å². The van der Waals surface area contributed by atoms with E-state index in [0.29, 0.717) is 5.56 Å². The lowest BCUT2D eigenvalue weighted by Gasteiger charge is -2.27. The number of aliphatic hydroxyl groups is 2. The highest BCUT2D eigenvalue weighted by Gasteiger charge is 2.33. The van der Waals surface area contributed by atoms with Gasteiger partial charge in [-0.1, -0.05) is 26.0 Å². The molecule has 65 heavy (non-hydrogen) atoms. The summed E-state index contributed by atoms with van der Waals surface area (Å²) < 4.78 is 0. The van der Waals surface area contributed by atoms with Crippen molar-refractivity contribution in [3.8, 4) is 5.75 Å². The van der Waals surface area contributed by atoms with Crippen LogP contribution in [-0.4, -0.2) is 165 Å². The number of hydrogen-bond donors (Lipinski definition) is 16. The second-order valence-corrected chi connectivity index (χ2v) is 15.0. The van der Waals surface area contributed by atoms with Crippen molar-refractivity contribution >= 4 is 65.2 Å². The van der Waals surface area contributed by atoms with Crippen molar-refractivity contribution in [1.82, 2.24) is 42.5 Å². The largest absolute Gasteiger partial charge is 0.508 e. The summed E-state index contributed by atoms with van der Waals surface area (Å²) in [5, 5.41) is 65.2. The molecule has 1 rings (SSSR count). The Morgan fingerprint density at radius 1 is 0.662 bits per heavy atom. The zero-order valence-corrected chi connectivity index (χ0v) is 36.2. The minimum Gasteiger partial charge on any atom is -0.508 e. The molecule has 362 valence electrons. The average Bonchev–Trinajstić information content (AvgIpc) is 3.22. The minimum absolute atomic E-state index is 0.00620. The van der Waals surface area contributed by atoms with Gasteiger partial charge in [-0.05, 0) is 56.7 Å². The number of nitrogens with zero attached hydrogens (tertiary/aromatic N) is 1. The van der Waals surface area contributed by atoms with Gasteiger partial charge >= 0.3 is 11.9 Å². The molecular weight excluding hydrogens is 864 g/mol. The summed E-state index contributed by atoms with van der Waals surface area (Å²) in [5.74, 6) is -11.8. The fourth-order valence-corrected chi connectivity index (χ4v) is 5.50. The number of aromatic hydroxyl groups is 1. The Kier molecular flexibility index (Phi) is 23.9. The predicted molar refractivity (Wildman–Crippen MR) is 226 cm³/mol. The first-order valence-corrected chi connectivity index (χ1v) is 20.0. The maximum absolute atomic E-state index is 13.4.